The molecule has 0 spiro atoms. The molecular formula is C30H24BrN3O3S. The number of pyridine rings is 1. The number of carbonyl (C=O) groups is 1. The summed E-state index contributed by atoms with van der Waals surface area (Å²) in [4.78, 5) is 18.4. The molecule has 1 heterocycles. The van der Waals surface area contributed by atoms with Crippen molar-refractivity contribution in [2.75, 3.05) is 10.0 Å². The van der Waals surface area contributed by atoms with Crippen LogP contribution >= 0.6 is 15.9 Å². The van der Waals surface area contributed by atoms with E-state index in [0.717, 1.165) is 26.5 Å². The van der Waals surface area contributed by atoms with Crippen LogP contribution < -0.4 is 10.0 Å². The van der Waals surface area contributed by atoms with Crippen LogP contribution in [0.1, 0.15) is 21.5 Å². The zero-order valence-corrected chi connectivity index (χ0v) is 23.1. The maximum Gasteiger partial charge on any atom is 0.261 e. The van der Waals surface area contributed by atoms with E-state index in [1.165, 1.54) is 0 Å². The highest BCUT2D eigenvalue weighted by atomic mass is 79.9. The fourth-order valence-electron chi connectivity index (χ4n) is 4.01. The topological polar surface area (TPSA) is 88.2 Å². The van der Waals surface area contributed by atoms with Gasteiger partial charge in [0.2, 0.25) is 0 Å². The molecule has 38 heavy (non-hydrogen) atoms. The van der Waals surface area contributed by atoms with Gasteiger partial charge in [0.25, 0.3) is 15.9 Å². The van der Waals surface area contributed by atoms with Crippen molar-refractivity contribution in [3.05, 3.63) is 118 Å². The zero-order valence-electron chi connectivity index (χ0n) is 20.7. The number of hydrogen-bond acceptors (Lipinski definition) is 4. The molecule has 4 aromatic carbocycles. The van der Waals surface area contributed by atoms with Crippen molar-refractivity contribution in [1.29, 1.82) is 0 Å². The van der Waals surface area contributed by atoms with E-state index < -0.39 is 10.0 Å². The number of hydrogen-bond donors (Lipinski definition) is 2. The largest absolute Gasteiger partial charge is 0.322 e. The van der Waals surface area contributed by atoms with Crippen LogP contribution in [0, 0.1) is 13.8 Å². The lowest BCUT2D eigenvalue weighted by atomic mass is 10.0. The molecule has 0 unspecified atom stereocenters. The Balaban J connectivity index is 1.41. The van der Waals surface area contributed by atoms with Gasteiger partial charge in [-0.05, 0) is 74.5 Å². The van der Waals surface area contributed by atoms with Crippen LogP contribution in [0.5, 0.6) is 0 Å². The molecule has 0 atom stereocenters. The van der Waals surface area contributed by atoms with Crippen LogP contribution in [0.4, 0.5) is 11.4 Å². The summed E-state index contributed by atoms with van der Waals surface area (Å²) in [6.07, 6.45) is 0. The van der Waals surface area contributed by atoms with Crippen LogP contribution in [0.2, 0.25) is 0 Å². The number of sulfonamides is 1. The molecular weight excluding hydrogens is 562 g/mol. The smallest absolute Gasteiger partial charge is 0.261 e. The molecule has 0 radical (unpaired) electrons. The molecule has 8 heteroatoms. The summed E-state index contributed by atoms with van der Waals surface area (Å²) >= 11 is 3.49. The molecule has 0 aliphatic heterocycles. The molecule has 190 valence electrons. The molecule has 0 aliphatic rings. The zero-order chi connectivity index (χ0) is 26.9. The molecule has 0 aliphatic carbocycles. The lowest BCUT2D eigenvalue weighted by Crippen LogP contribution is -2.14. The number of anilines is 2. The molecule has 5 rings (SSSR count). The van der Waals surface area contributed by atoms with Crippen LogP contribution in [-0.2, 0) is 10.0 Å². The van der Waals surface area contributed by atoms with Crippen molar-refractivity contribution in [2.45, 2.75) is 18.7 Å². The number of nitrogens with one attached hydrogen (secondary N) is 2. The summed E-state index contributed by atoms with van der Waals surface area (Å²) in [6.45, 7) is 3.92. The van der Waals surface area contributed by atoms with Gasteiger partial charge >= 0.3 is 0 Å². The average molecular weight is 587 g/mol. The number of nitrogens with zero attached hydrogens (tertiary/aromatic N) is 1. The third kappa shape index (κ3) is 5.61. The van der Waals surface area contributed by atoms with Gasteiger partial charge in [0.05, 0.1) is 21.7 Å². The first-order chi connectivity index (χ1) is 18.2. The predicted molar refractivity (Wildman–Crippen MR) is 156 cm³/mol. The van der Waals surface area contributed by atoms with Crippen molar-refractivity contribution in [3.8, 4) is 11.3 Å². The van der Waals surface area contributed by atoms with E-state index in [2.05, 4.69) is 26.0 Å². The van der Waals surface area contributed by atoms with Crippen LogP contribution in [0.25, 0.3) is 22.2 Å². The standard InChI is InChI=1S/C30H24BrN3O3S/c1-19-3-7-21(8-4-19)29-18-27(26-17-22(31)9-16-28(26)33-29)30(35)32-23-10-12-24(13-11-23)34-38(36,37)25-14-5-20(2)6-15-25/h3-18,34H,1-2H3,(H,32,35). The Labute approximate surface area is 229 Å². The van der Waals surface area contributed by atoms with Crippen molar-refractivity contribution in [1.82, 2.24) is 4.98 Å². The Morgan fingerprint density at radius 2 is 1.37 bits per heavy atom. The minimum atomic E-state index is -3.72. The number of carbonyl (C=O) groups excluding carboxylic acids is 1. The first-order valence-electron chi connectivity index (χ1n) is 11.9. The van der Waals surface area contributed by atoms with E-state index >= 15 is 0 Å². The molecule has 6 nitrogen and oxygen atoms in total. The quantitative estimate of drug-likeness (QED) is 0.218. The average Bonchev–Trinajstić information content (AvgIpc) is 2.90. The minimum absolute atomic E-state index is 0.181. The molecule has 5 aromatic rings. The second-order valence-corrected chi connectivity index (χ2v) is 11.6. The highest BCUT2D eigenvalue weighted by Crippen LogP contribution is 2.28. The fourth-order valence-corrected chi connectivity index (χ4v) is 5.43. The third-order valence-electron chi connectivity index (χ3n) is 6.09. The summed E-state index contributed by atoms with van der Waals surface area (Å²) in [5.74, 6) is -0.295. The molecule has 2 N–H and O–H groups in total. The Morgan fingerprint density at radius 3 is 2.03 bits per heavy atom. The minimum Gasteiger partial charge on any atom is -0.322 e. The molecule has 0 saturated carbocycles. The van der Waals surface area contributed by atoms with Gasteiger partial charge < -0.3 is 5.32 Å². The first kappa shape index (κ1) is 25.6. The Kier molecular flexibility index (Phi) is 7.01. The summed E-state index contributed by atoms with van der Waals surface area (Å²) in [6, 6.07) is 28.6. The van der Waals surface area contributed by atoms with E-state index in [1.54, 1.807) is 54.6 Å². The second kappa shape index (κ2) is 10.4. The summed E-state index contributed by atoms with van der Waals surface area (Å²) in [5, 5.41) is 3.64. The Bertz CT molecular complexity index is 1750. The molecule has 1 aromatic heterocycles. The number of halogens is 1. The molecule has 0 bridgehead atoms. The van der Waals surface area contributed by atoms with E-state index in [9.17, 15) is 13.2 Å². The molecule has 0 saturated heterocycles. The van der Waals surface area contributed by atoms with Gasteiger partial charge in [-0.15, -0.1) is 0 Å². The fraction of sp³-hybridized carbons (Fsp3) is 0.0667. The lowest BCUT2D eigenvalue weighted by Gasteiger charge is -2.12. The van der Waals surface area contributed by atoms with Crippen LogP contribution in [0.15, 0.2) is 106 Å². The van der Waals surface area contributed by atoms with E-state index in [1.807, 2.05) is 56.3 Å². The highest BCUT2D eigenvalue weighted by molar-refractivity contribution is 9.10. The lowest BCUT2D eigenvalue weighted by molar-refractivity contribution is 0.102. The normalized spacial score (nSPS) is 11.3. The SMILES string of the molecule is Cc1ccc(-c2cc(C(=O)Nc3ccc(NS(=O)(=O)c4ccc(C)cc4)cc3)c3cc(Br)ccc3n2)cc1. The van der Waals surface area contributed by atoms with E-state index in [4.69, 9.17) is 4.98 Å². The maximum absolute atomic E-state index is 13.4. The number of aromatic nitrogens is 1. The molecule has 1 amide bonds. The van der Waals surface area contributed by atoms with Gasteiger partial charge in [-0.25, -0.2) is 13.4 Å². The Hall–Kier alpha value is -4.01. The highest BCUT2D eigenvalue weighted by Gasteiger charge is 2.16. The van der Waals surface area contributed by atoms with E-state index in [-0.39, 0.29) is 10.8 Å². The number of fused-ring (bicyclic) bond motifs is 1. The number of amides is 1. The van der Waals surface area contributed by atoms with Crippen LogP contribution in [-0.4, -0.2) is 19.3 Å². The van der Waals surface area contributed by atoms with Crippen LogP contribution in [0.3, 0.4) is 0 Å². The summed E-state index contributed by atoms with van der Waals surface area (Å²) < 4.78 is 28.8. The van der Waals surface area contributed by atoms with Gasteiger partial charge in [-0.3, -0.25) is 9.52 Å². The third-order valence-corrected chi connectivity index (χ3v) is 7.98. The first-order valence-corrected chi connectivity index (χ1v) is 14.1. The van der Waals surface area contributed by atoms with Gasteiger partial charge in [0.15, 0.2) is 0 Å². The van der Waals surface area contributed by atoms with Gasteiger partial charge in [-0.1, -0.05) is 63.5 Å². The number of aryl methyl sites for hydroxylation is 2. The molecule has 0 fully saturated rings. The van der Waals surface area contributed by atoms with Gasteiger partial charge in [-0.2, -0.15) is 0 Å². The van der Waals surface area contributed by atoms with E-state index in [0.29, 0.717) is 28.1 Å². The maximum atomic E-state index is 13.4. The van der Waals surface area contributed by atoms with Crippen molar-refractivity contribution < 1.29 is 13.2 Å². The number of rotatable bonds is 6. The second-order valence-electron chi connectivity index (χ2n) is 9.03. The van der Waals surface area contributed by atoms with Crippen molar-refractivity contribution in [3.63, 3.8) is 0 Å². The van der Waals surface area contributed by atoms with Crippen molar-refractivity contribution in [2.24, 2.45) is 0 Å². The summed E-state index contributed by atoms with van der Waals surface area (Å²) in [5.41, 5.74) is 5.85. The van der Waals surface area contributed by atoms with Gasteiger partial charge in [0.1, 0.15) is 0 Å². The van der Waals surface area contributed by atoms with Crippen molar-refractivity contribution >= 4 is 54.1 Å². The Morgan fingerprint density at radius 1 is 0.763 bits per heavy atom. The number of benzene rings is 4. The van der Waals surface area contributed by atoms with Gasteiger partial charge in [0, 0.05) is 26.8 Å². The summed E-state index contributed by atoms with van der Waals surface area (Å²) in [7, 11) is -3.72. The monoisotopic (exact) mass is 585 g/mol. The predicted octanol–water partition coefficient (Wildman–Crippen LogP) is 7.33.